The van der Waals surface area contributed by atoms with Crippen molar-refractivity contribution in [2.75, 3.05) is 29.9 Å². The van der Waals surface area contributed by atoms with Crippen LogP contribution < -0.4 is 5.32 Å². The molecule has 0 radical (unpaired) electrons. The topological polar surface area (TPSA) is 66.5 Å². The van der Waals surface area contributed by atoms with Crippen molar-refractivity contribution < 1.29 is 22.0 Å². The number of hydrogen-bond acceptors (Lipinski definition) is 4. The van der Waals surface area contributed by atoms with Crippen molar-refractivity contribution in [2.45, 2.75) is 32.2 Å². The van der Waals surface area contributed by atoms with E-state index >= 15 is 0 Å². The molecule has 1 aliphatic rings. The van der Waals surface area contributed by atoms with E-state index in [1.165, 1.54) is 6.07 Å². The molecule has 1 unspecified atom stereocenters. The average molecular weight is 360 g/mol. The lowest BCUT2D eigenvalue weighted by atomic mass is 10.2. The fourth-order valence-electron chi connectivity index (χ4n) is 2.87. The van der Waals surface area contributed by atoms with Gasteiger partial charge in [-0.25, -0.2) is 17.2 Å². The lowest BCUT2D eigenvalue weighted by Crippen LogP contribution is -2.38. The normalized spacial score (nSPS) is 19.6. The van der Waals surface area contributed by atoms with E-state index in [2.05, 4.69) is 5.32 Å². The van der Waals surface area contributed by atoms with Crippen LogP contribution in [0.1, 0.15) is 26.2 Å². The van der Waals surface area contributed by atoms with Crippen LogP contribution in [0.2, 0.25) is 0 Å². The predicted molar refractivity (Wildman–Crippen MR) is 88.5 cm³/mol. The Hall–Kier alpha value is -1.54. The molecular weight excluding hydrogens is 338 g/mol. The van der Waals surface area contributed by atoms with Crippen molar-refractivity contribution in [2.24, 2.45) is 0 Å². The molecule has 8 heteroatoms. The Morgan fingerprint density at radius 1 is 1.29 bits per heavy atom. The number of nitrogens with zero attached hydrogens (tertiary/aromatic N) is 1. The fourth-order valence-corrected chi connectivity index (χ4v) is 4.63. The van der Waals surface area contributed by atoms with Gasteiger partial charge in [-0.05, 0) is 31.5 Å². The summed E-state index contributed by atoms with van der Waals surface area (Å²) in [6.45, 7) is 3.15. The monoisotopic (exact) mass is 360 g/mol. The van der Waals surface area contributed by atoms with Crippen LogP contribution in [-0.2, 0) is 14.6 Å². The highest BCUT2D eigenvalue weighted by Gasteiger charge is 2.31. The second-order valence-corrected chi connectivity index (χ2v) is 8.25. The standard InChI is InChI=1S/C16H22F2N2O3S/c1-2-7-20(13-6-9-24(22,23)11-13)8-5-16(21)19-12-3-4-14(17)15(18)10-12/h3-4,10,13H,2,5-9,11H2,1H3,(H,19,21). The molecule has 1 heterocycles. The van der Waals surface area contributed by atoms with Gasteiger partial charge in [0.05, 0.1) is 11.5 Å². The highest BCUT2D eigenvalue weighted by molar-refractivity contribution is 7.91. The van der Waals surface area contributed by atoms with Crippen LogP contribution in [0.15, 0.2) is 18.2 Å². The van der Waals surface area contributed by atoms with E-state index in [1.807, 2.05) is 11.8 Å². The van der Waals surface area contributed by atoms with Gasteiger partial charge >= 0.3 is 0 Å². The third-order valence-electron chi connectivity index (χ3n) is 4.07. The molecule has 1 aromatic carbocycles. The van der Waals surface area contributed by atoms with E-state index in [0.717, 1.165) is 25.1 Å². The number of rotatable bonds is 7. The van der Waals surface area contributed by atoms with E-state index in [1.54, 1.807) is 0 Å². The molecule has 24 heavy (non-hydrogen) atoms. The molecule has 0 saturated carbocycles. The number of halogens is 2. The number of carbonyl (C=O) groups excluding carboxylic acids is 1. The average Bonchev–Trinajstić information content (AvgIpc) is 2.87. The quantitative estimate of drug-likeness (QED) is 0.809. The van der Waals surface area contributed by atoms with Crippen LogP contribution in [0.4, 0.5) is 14.5 Å². The maximum Gasteiger partial charge on any atom is 0.225 e. The first-order chi connectivity index (χ1) is 11.3. The number of anilines is 1. The molecular formula is C16H22F2N2O3S. The van der Waals surface area contributed by atoms with Crippen LogP contribution in [0.25, 0.3) is 0 Å². The molecule has 1 N–H and O–H groups in total. The molecule has 0 aliphatic carbocycles. The van der Waals surface area contributed by atoms with Gasteiger partial charge in [0.1, 0.15) is 0 Å². The van der Waals surface area contributed by atoms with E-state index in [0.29, 0.717) is 13.0 Å². The van der Waals surface area contributed by atoms with Crippen LogP contribution in [0, 0.1) is 11.6 Å². The number of benzene rings is 1. The zero-order valence-corrected chi connectivity index (χ0v) is 14.4. The molecule has 1 saturated heterocycles. The number of sulfone groups is 1. The van der Waals surface area contributed by atoms with Crippen molar-refractivity contribution in [1.29, 1.82) is 0 Å². The summed E-state index contributed by atoms with van der Waals surface area (Å²) in [4.78, 5) is 14.0. The van der Waals surface area contributed by atoms with Crippen molar-refractivity contribution in [3.05, 3.63) is 29.8 Å². The maximum atomic E-state index is 13.1. The summed E-state index contributed by atoms with van der Waals surface area (Å²) in [7, 11) is -2.97. The van der Waals surface area contributed by atoms with E-state index in [-0.39, 0.29) is 35.6 Å². The Morgan fingerprint density at radius 2 is 2.04 bits per heavy atom. The summed E-state index contributed by atoms with van der Waals surface area (Å²) in [5.74, 6) is -1.97. The molecule has 1 aliphatic heterocycles. The minimum Gasteiger partial charge on any atom is -0.326 e. The summed E-state index contributed by atoms with van der Waals surface area (Å²) in [5, 5.41) is 2.52. The smallest absolute Gasteiger partial charge is 0.225 e. The molecule has 1 atom stereocenters. The molecule has 0 spiro atoms. The number of amides is 1. The summed E-state index contributed by atoms with van der Waals surface area (Å²) in [5.41, 5.74) is 0.199. The highest BCUT2D eigenvalue weighted by atomic mass is 32.2. The zero-order chi connectivity index (χ0) is 17.7. The van der Waals surface area contributed by atoms with Gasteiger partial charge in [-0.2, -0.15) is 0 Å². The number of carbonyl (C=O) groups is 1. The Kier molecular flexibility index (Phi) is 6.28. The molecule has 1 aromatic rings. The van der Waals surface area contributed by atoms with Gasteiger partial charge < -0.3 is 5.32 Å². The second kappa shape index (κ2) is 8.02. The van der Waals surface area contributed by atoms with Gasteiger partial charge in [-0.15, -0.1) is 0 Å². The Bertz CT molecular complexity index is 695. The van der Waals surface area contributed by atoms with Crippen molar-refractivity contribution in [1.82, 2.24) is 4.90 Å². The fraction of sp³-hybridized carbons (Fsp3) is 0.562. The van der Waals surface area contributed by atoms with Gasteiger partial charge in [0, 0.05) is 30.8 Å². The largest absolute Gasteiger partial charge is 0.326 e. The third kappa shape index (κ3) is 5.24. The molecule has 0 bridgehead atoms. The SMILES string of the molecule is CCCN(CCC(=O)Nc1ccc(F)c(F)c1)C1CCS(=O)(=O)C1. The minimum atomic E-state index is -2.97. The molecule has 1 fully saturated rings. The first-order valence-electron chi connectivity index (χ1n) is 8.00. The Balaban J connectivity index is 1.89. The van der Waals surface area contributed by atoms with Crippen LogP contribution in [-0.4, -0.2) is 49.9 Å². The van der Waals surface area contributed by atoms with Gasteiger partial charge in [0.15, 0.2) is 21.5 Å². The highest BCUT2D eigenvalue weighted by Crippen LogP contribution is 2.19. The molecule has 5 nitrogen and oxygen atoms in total. The van der Waals surface area contributed by atoms with Crippen molar-refractivity contribution >= 4 is 21.4 Å². The second-order valence-electron chi connectivity index (χ2n) is 6.02. The first kappa shape index (κ1) is 18.8. The molecule has 0 aromatic heterocycles. The van der Waals surface area contributed by atoms with Crippen molar-refractivity contribution in [3.63, 3.8) is 0 Å². The van der Waals surface area contributed by atoms with Crippen LogP contribution in [0.3, 0.4) is 0 Å². The van der Waals surface area contributed by atoms with Gasteiger partial charge in [0.2, 0.25) is 5.91 Å². The molecule has 2 rings (SSSR count). The van der Waals surface area contributed by atoms with Crippen LogP contribution >= 0.6 is 0 Å². The maximum absolute atomic E-state index is 13.1. The predicted octanol–water partition coefficient (Wildman–Crippen LogP) is 2.19. The van der Waals surface area contributed by atoms with E-state index in [4.69, 9.17) is 0 Å². The zero-order valence-electron chi connectivity index (χ0n) is 13.6. The number of hydrogen-bond donors (Lipinski definition) is 1. The Morgan fingerprint density at radius 3 is 2.62 bits per heavy atom. The lowest BCUT2D eigenvalue weighted by molar-refractivity contribution is -0.116. The minimum absolute atomic E-state index is 0.0500. The van der Waals surface area contributed by atoms with Crippen LogP contribution in [0.5, 0.6) is 0 Å². The molecule has 1 amide bonds. The van der Waals surface area contributed by atoms with Crippen molar-refractivity contribution in [3.8, 4) is 0 Å². The van der Waals surface area contributed by atoms with E-state index in [9.17, 15) is 22.0 Å². The summed E-state index contributed by atoms with van der Waals surface area (Å²) in [6.07, 6.45) is 1.62. The summed E-state index contributed by atoms with van der Waals surface area (Å²) < 4.78 is 49.2. The summed E-state index contributed by atoms with van der Waals surface area (Å²) >= 11 is 0. The number of nitrogens with one attached hydrogen (secondary N) is 1. The van der Waals surface area contributed by atoms with E-state index < -0.39 is 21.5 Å². The summed E-state index contributed by atoms with van der Waals surface area (Å²) in [6, 6.07) is 3.13. The van der Waals surface area contributed by atoms with Gasteiger partial charge in [-0.1, -0.05) is 6.92 Å². The third-order valence-corrected chi connectivity index (χ3v) is 5.82. The van der Waals surface area contributed by atoms with Gasteiger partial charge in [-0.3, -0.25) is 9.69 Å². The first-order valence-corrected chi connectivity index (χ1v) is 9.82. The van der Waals surface area contributed by atoms with Gasteiger partial charge in [0.25, 0.3) is 0 Å². The Labute approximate surface area is 141 Å². The molecule has 134 valence electrons. The lowest BCUT2D eigenvalue weighted by Gasteiger charge is -2.27.